The van der Waals surface area contributed by atoms with Crippen LogP contribution in [-0.4, -0.2) is 13.1 Å². The fourth-order valence-corrected chi connectivity index (χ4v) is 2.66. The minimum Gasteiger partial charge on any atom is -0.465 e. The fraction of sp³-hybridized carbons (Fsp3) is 0.250. The van der Waals surface area contributed by atoms with E-state index in [0.29, 0.717) is 9.90 Å². The molecule has 0 amide bonds. The third-order valence-corrected chi connectivity index (χ3v) is 3.56. The van der Waals surface area contributed by atoms with Gasteiger partial charge in [-0.25, -0.2) is 4.79 Å². The van der Waals surface area contributed by atoms with Gasteiger partial charge in [-0.2, -0.15) is 0 Å². The Balaban J connectivity index is 0.000000606. The lowest BCUT2D eigenvalue weighted by atomic mass is 10.2. The number of ether oxygens (including phenoxy) is 1. The molecule has 0 aliphatic carbocycles. The summed E-state index contributed by atoms with van der Waals surface area (Å²) in [5.74, 6) is -0.379. The van der Waals surface area contributed by atoms with Gasteiger partial charge < -0.3 is 4.74 Å². The highest BCUT2D eigenvalue weighted by atomic mass is 35.5. The molecule has 0 aliphatic heterocycles. The number of fused-ring (bicyclic) bond motifs is 1. The van der Waals surface area contributed by atoms with E-state index in [2.05, 4.69) is 4.74 Å². The molecule has 0 aliphatic rings. The van der Waals surface area contributed by atoms with E-state index in [1.165, 1.54) is 18.4 Å². The van der Waals surface area contributed by atoms with Gasteiger partial charge in [0.15, 0.2) is 0 Å². The second-order valence-electron chi connectivity index (χ2n) is 2.73. The summed E-state index contributed by atoms with van der Waals surface area (Å²) in [6.45, 7) is 4.00. The molecule has 0 saturated carbocycles. The summed E-state index contributed by atoms with van der Waals surface area (Å²) in [5, 5.41) is 1.39. The summed E-state index contributed by atoms with van der Waals surface area (Å²) >= 11 is 7.39. The molecule has 1 aromatic carbocycles. The largest absolute Gasteiger partial charge is 0.465 e. The maximum Gasteiger partial charge on any atom is 0.349 e. The van der Waals surface area contributed by atoms with Crippen molar-refractivity contribution in [2.45, 2.75) is 13.8 Å². The number of hydrogen-bond donors (Lipinski definition) is 0. The second kappa shape index (κ2) is 5.87. The smallest absolute Gasteiger partial charge is 0.349 e. The molecule has 0 spiro atoms. The normalized spacial score (nSPS) is 9.50. The van der Waals surface area contributed by atoms with Crippen LogP contribution in [0.2, 0.25) is 5.02 Å². The predicted molar refractivity (Wildman–Crippen MR) is 69.5 cm³/mol. The third kappa shape index (κ3) is 2.36. The number of methoxy groups -OCH3 is 1. The van der Waals surface area contributed by atoms with Crippen LogP contribution >= 0.6 is 22.9 Å². The minimum atomic E-state index is -0.379. The average molecular weight is 257 g/mol. The molecule has 0 radical (unpaired) electrons. The summed E-state index contributed by atoms with van der Waals surface area (Å²) in [6, 6.07) is 7.62. The molecule has 2 nitrogen and oxygen atoms in total. The van der Waals surface area contributed by atoms with Crippen molar-refractivity contribution >= 4 is 39.0 Å². The fourth-order valence-electron chi connectivity index (χ4n) is 1.24. The maximum absolute atomic E-state index is 11.3. The van der Waals surface area contributed by atoms with Crippen LogP contribution in [0.1, 0.15) is 23.5 Å². The Bertz CT molecular complexity index is 491. The van der Waals surface area contributed by atoms with Gasteiger partial charge in [-0.05, 0) is 6.07 Å². The van der Waals surface area contributed by atoms with Crippen molar-refractivity contribution in [1.29, 1.82) is 0 Å². The summed E-state index contributed by atoms with van der Waals surface area (Å²) in [4.78, 5) is 11.8. The topological polar surface area (TPSA) is 26.3 Å². The number of esters is 1. The average Bonchev–Trinajstić information content (AvgIpc) is 2.69. The third-order valence-electron chi connectivity index (χ3n) is 1.91. The number of benzene rings is 1. The Hall–Kier alpha value is -1.06. The van der Waals surface area contributed by atoms with Crippen LogP contribution in [-0.2, 0) is 4.74 Å². The molecule has 0 atom stereocenters. The first kappa shape index (κ1) is 13.0. The van der Waals surface area contributed by atoms with Gasteiger partial charge in [-0.3, -0.25) is 0 Å². The van der Waals surface area contributed by atoms with E-state index in [0.717, 1.165) is 10.1 Å². The molecule has 2 aromatic rings. The standard InChI is InChI=1S/C10H7ClO2S.C2H6/c1-13-10(12)9-8(11)6-4-2-3-5-7(6)14-9;1-2/h2-5H,1H3;1-2H3. The molecule has 0 fully saturated rings. The number of carbonyl (C=O) groups is 1. The zero-order valence-corrected chi connectivity index (χ0v) is 11.0. The molecule has 16 heavy (non-hydrogen) atoms. The number of halogens is 1. The van der Waals surface area contributed by atoms with Crippen molar-refractivity contribution in [1.82, 2.24) is 0 Å². The Morgan fingerprint density at radius 3 is 2.50 bits per heavy atom. The maximum atomic E-state index is 11.3. The minimum absolute atomic E-state index is 0.379. The van der Waals surface area contributed by atoms with Crippen LogP contribution in [0.3, 0.4) is 0 Å². The SMILES string of the molecule is CC.COC(=O)c1sc2ccccc2c1Cl. The van der Waals surface area contributed by atoms with Crippen molar-refractivity contribution in [3.63, 3.8) is 0 Å². The van der Waals surface area contributed by atoms with Crippen LogP contribution in [0.25, 0.3) is 10.1 Å². The molecule has 0 unspecified atom stereocenters. The van der Waals surface area contributed by atoms with Crippen LogP contribution in [0.5, 0.6) is 0 Å². The highest BCUT2D eigenvalue weighted by Gasteiger charge is 2.16. The first-order valence-electron chi connectivity index (χ1n) is 4.99. The molecule has 1 aromatic heterocycles. The van der Waals surface area contributed by atoms with Gasteiger partial charge in [0.25, 0.3) is 0 Å². The summed E-state index contributed by atoms with van der Waals surface area (Å²) in [7, 11) is 1.35. The van der Waals surface area contributed by atoms with Crippen LogP contribution in [0.4, 0.5) is 0 Å². The van der Waals surface area contributed by atoms with Gasteiger partial charge in [-0.1, -0.05) is 43.6 Å². The summed E-state index contributed by atoms with van der Waals surface area (Å²) < 4.78 is 5.63. The first-order chi connectivity index (χ1) is 7.74. The van der Waals surface area contributed by atoms with Crippen molar-refractivity contribution in [2.24, 2.45) is 0 Å². The van der Waals surface area contributed by atoms with Gasteiger partial charge in [0.1, 0.15) is 4.88 Å². The highest BCUT2D eigenvalue weighted by Crippen LogP contribution is 2.35. The molecular weight excluding hydrogens is 244 g/mol. The van der Waals surface area contributed by atoms with Crippen molar-refractivity contribution in [2.75, 3.05) is 7.11 Å². The number of thiophene rings is 1. The van der Waals surface area contributed by atoms with E-state index >= 15 is 0 Å². The van der Waals surface area contributed by atoms with Gasteiger partial charge >= 0.3 is 5.97 Å². The van der Waals surface area contributed by atoms with Gasteiger partial charge in [0.2, 0.25) is 0 Å². The zero-order chi connectivity index (χ0) is 12.1. The Morgan fingerprint density at radius 1 is 1.31 bits per heavy atom. The van der Waals surface area contributed by atoms with Crippen LogP contribution in [0.15, 0.2) is 24.3 Å². The first-order valence-corrected chi connectivity index (χ1v) is 6.19. The second-order valence-corrected chi connectivity index (χ2v) is 4.16. The lowest BCUT2D eigenvalue weighted by molar-refractivity contribution is 0.0606. The molecule has 0 N–H and O–H groups in total. The Labute approximate surface area is 104 Å². The molecule has 2 rings (SSSR count). The van der Waals surface area contributed by atoms with E-state index in [4.69, 9.17) is 11.6 Å². The van der Waals surface area contributed by atoms with Crippen molar-refractivity contribution < 1.29 is 9.53 Å². The quantitative estimate of drug-likeness (QED) is 0.709. The Morgan fingerprint density at radius 2 is 1.94 bits per heavy atom. The molecule has 0 saturated heterocycles. The monoisotopic (exact) mass is 256 g/mol. The number of carbonyl (C=O) groups excluding carboxylic acids is 1. The summed E-state index contributed by atoms with van der Waals surface area (Å²) in [6.07, 6.45) is 0. The molecule has 1 heterocycles. The van der Waals surface area contributed by atoms with Gasteiger partial charge in [0, 0.05) is 10.1 Å². The van der Waals surface area contributed by atoms with Crippen LogP contribution < -0.4 is 0 Å². The van der Waals surface area contributed by atoms with E-state index in [9.17, 15) is 4.79 Å². The number of hydrogen-bond acceptors (Lipinski definition) is 3. The van der Waals surface area contributed by atoms with Crippen LogP contribution in [0, 0.1) is 0 Å². The molecule has 86 valence electrons. The van der Waals surface area contributed by atoms with Crippen molar-refractivity contribution in [3.8, 4) is 0 Å². The van der Waals surface area contributed by atoms with Crippen molar-refractivity contribution in [3.05, 3.63) is 34.2 Å². The molecule has 0 bridgehead atoms. The lowest BCUT2D eigenvalue weighted by Crippen LogP contribution is -1.97. The van der Waals surface area contributed by atoms with E-state index in [1.807, 2.05) is 38.1 Å². The van der Waals surface area contributed by atoms with Gasteiger partial charge in [0.05, 0.1) is 12.1 Å². The predicted octanol–water partition coefficient (Wildman–Crippen LogP) is 4.37. The lowest BCUT2D eigenvalue weighted by Gasteiger charge is -1.93. The van der Waals surface area contributed by atoms with E-state index in [1.54, 1.807) is 0 Å². The zero-order valence-electron chi connectivity index (χ0n) is 9.41. The van der Waals surface area contributed by atoms with E-state index < -0.39 is 0 Å². The van der Waals surface area contributed by atoms with E-state index in [-0.39, 0.29) is 5.97 Å². The Kier molecular flexibility index (Phi) is 4.77. The number of rotatable bonds is 1. The highest BCUT2D eigenvalue weighted by molar-refractivity contribution is 7.21. The van der Waals surface area contributed by atoms with Gasteiger partial charge in [-0.15, -0.1) is 11.3 Å². The summed E-state index contributed by atoms with van der Waals surface area (Å²) in [5.41, 5.74) is 0. The molecular formula is C12H13ClO2S. The molecule has 4 heteroatoms.